The molecule has 141 heavy (non-hydrogen) atoms. The first-order chi connectivity index (χ1) is 69.9. The van der Waals surface area contributed by atoms with E-state index >= 15 is 0 Å². The molecule has 22 aromatic carbocycles. The van der Waals surface area contributed by atoms with Gasteiger partial charge in [-0.1, -0.05) is 416 Å². The zero-order valence-electron chi connectivity index (χ0n) is 76.8. The molecule has 0 aliphatic heterocycles. The van der Waals surface area contributed by atoms with E-state index in [4.69, 9.17) is 0 Å². The normalized spacial score (nSPS) is 12.5. The van der Waals surface area contributed by atoms with E-state index in [1.807, 2.05) is 22.7 Å². The molecular weight excluding hydrogens is 1810 g/mol. The molecule has 0 saturated heterocycles. The van der Waals surface area contributed by atoms with Crippen molar-refractivity contribution < 1.29 is 0 Å². The molecule has 1 N–H and O–H groups in total. The summed E-state index contributed by atoms with van der Waals surface area (Å²) >= 11 is 7.47. The standard InChI is InChI=1S/C67H44N2S.C37H27N.C30H18BrNS/c1-5-20-45(21-6-1)46-36-38-51(39-37-46)68(53-40-41-55-54-30-13-16-33-60(54)67(61(55)43-53,48-23-7-2-8-24-48)49-25-9-3-10-26-49)52-29-19-22-47(42-52)58-44-59-56-31-14-17-34-62(56)69(50-27-11-4-12-28-50)65(59)64-57-32-15-18-35-63(57)70-66(58)64;1-4-12-27(13-5-1)28-20-22-31(23-21-28)38-32-24-25-34-33-18-10-11-19-35(33)37(36(34)26-32,29-14-6-2-7-15-29)30-16-8-3-9-17-30;31-20-10-8-9-19(17-20)24-18-25-22-13-4-6-15-26(22)32(21-11-2-1-3-12-21)29(25)28-23-14-5-7-16-27(23)33-30(24)28/h1-44H;1-26,38H;1-18H. The van der Waals surface area contributed by atoms with Crippen LogP contribution in [-0.2, 0) is 10.8 Å². The number of rotatable bonds is 15. The van der Waals surface area contributed by atoms with Gasteiger partial charge in [0.05, 0.1) is 32.9 Å². The van der Waals surface area contributed by atoms with Crippen LogP contribution in [0.1, 0.15) is 44.5 Å². The number of thiophene rings is 2. The Morgan fingerprint density at radius 3 is 1.03 bits per heavy atom. The molecule has 0 radical (unpaired) electrons. The first kappa shape index (κ1) is 84.5. The highest BCUT2D eigenvalue weighted by molar-refractivity contribution is 9.10. The summed E-state index contributed by atoms with van der Waals surface area (Å²) in [4.78, 5) is 2.46. The molecule has 2 aliphatic carbocycles. The van der Waals surface area contributed by atoms with Crippen LogP contribution in [0.3, 0.4) is 0 Å². The third-order valence-corrected chi connectivity index (χ3v) is 31.7. The van der Waals surface area contributed by atoms with Gasteiger partial charge < -0.3 is 19.4 Å². The maximum Gasteiger partial charge on any atom is 0.0714 e. The Balaban J connectivity index is 0.000000120. The second-order valence-corrected chi connectivity index (χ2v) is 39.6. The lowest BCUT2D eigenvalue weighted by Gasteiger charge is -2.35. The second-order valence-electron chi connectivity index (χ2n) is 36.5. The average molecular weight is 1900 g/mol. The highest BCUT2D eigenvalue weighted by Crippen LogP contribution is 2.61. The Morgan fingerprint density at radius 1 is 0.220 bits per heavy atom. The Kier molecular flexibility index (Phi) is 21.3. The summed E-state index contributed by atoms with van der Waals surface area (Å²) in [6, 6.07) is 195. The SMILES string of the molecule is Brc1cccc(-c2cc3c4ccccc4n(-c4ccccc4)c3c3c2sc2ccccc23)c1.c1ccc(-c2ccc(N(c3cccc(-c4cc5c6ccccc6n(-c6ccccc6)c5c5c4sc4ccccc45)c3)c3ccc4c(c3)C(c3ccccc3)(c3ccccc3)c3ccccc3-4)cc2)cc1.c1ccc(-c2ccc(Nc3ccc4c(c3)C(c3ccccc3)(c3ccccc3)c3ccccc3-4)cc2)cc1. The second kappa shape index (κ2) is 35.5. The number of halogens is 1. The molecule has 0 atom stereocenters. The summed E-state index contributed by atoms with van der Waals surface area (Å²) in [7, 11) is 0. The summed E-state index contributed by atoms with van der Waals surface area (Å²) in [5, 5.41) is 14.0. The van der Waals surface area contributed by atoms with Gasteiger partial charge in [0.25, 0.3) is 0 Å². The first-order valence-corrected chi connectivity index (χ1v) is 50.6. The van der Waals surface area contributed by atoms with Crippen molar-refractivity contribution in [1.82, 2.24) is 9.13 Å². The summed E-state index contributed by atoms with van der Waals surface area (Å²) in [6.45, 7) is 0. The summed E-state index contributed by atoms with van der Waals surface area (Å²) in [5.74, 6) is 0. The number of anilines is 5. The van der Waals surface area contributed by atoms with Crippen LogP contribution in [-0.4, -0.2) is 9.13 Å². The van der Waals surface area contributed by atoms with Gasteiger partial charge >= 0.3 is 0 Å². The number of hydrogen-bond acceptors (Lipinski definition) is 4. The first-order valence-electron chi connectivity index (χ1n) is 48.2. The number of benzene rings is 22. The largest absolute Gasteiger partial charge is 0.356 e. The molecule has 2 aliphatic rings. The van der Waals surface area contributed by atoms with Gasteiger partial charge in [0, 0.05) is 117 Å². The number of fused-ring (bicyclic) bond motifs is 20. The maximum absolute atomic E-state index is 3.68. The molecule has 7 heteroatoms. The highest BCUT2D eigenvalue weighted by atomic mass is 79.9. The van der Waals surface area contributed by atoms with E-state index in [-0.39, 0.29) is 5.41 Å². The maximum atomic E-state index is 3.68. The third-order valence-electron chi connectivity index (χ3n) is 28.8. The fourth-order valence-corrected chi connectivity index (χ4v) is 25.7. The van der Waals surface area contributed by atoms with Crippen molar-refractivity contribution in [2.75, 3.05) is 10.2 Å². The summed E-state index contributed by atoms with van der Waals surface area (Å²) in [5.41, 5.74) is 37.0. The lowest BCUT2D eigenvalue weighted by atomic mass is 9.67. The van der Waals surface area contributed by atoms with Gasteiger partial charge in [-0.2, -0.15) is 0 Å². The minimum atomic E-state index is -0.531. The zero-order chi connectivity index (χ0) is 93.5. The number of hydrogen-bond donors (Lipinski definition) is 1. The van der Waals surface area contributed by atoms with Crippen molar-refractivity contribution in [2.24, 2.45) is 0 Å². The molecule has 0 fully saturated rings. The van der Waals surface area contributed by atoms with Gasteiger partial charge in [-0.3, -0.25) is 0 Å². The Labute approximate surface area is 835 Å². The average Bonchev–Trinajstić information content (AvgIpc) is 1.21. The van der Waals surface area contributed by atoms with Crippen LogP contribution in [0.25, 0.3) is 162 Å². The lowest BCUT2D eigenvalue weighted by Crippen LogP contribution is -2.28. The van der Waals surface area contributed by atoms with Crippen molar-refractivity contribution in [1.29, 1.82) is 0 Å². The minimum absolute atomic E-state index is 0.386. The molecule has 28 rings (SSSR count). The van der Waals surface area contributed by atoms with Gasteiger partial charge in [-0.15, -0.1) is 22.7 Å². The van der Waals surface area contributed by atoms with E-state index in [9.17, 15) is 0 Å². The molecule has 0 unspecified atom stereocenters. The molecule has 0 spiro atoms. The highest BCUT2D eigenvalue weighted by Gasteiger charge is 2.48. The van der Waals surface area contributed by atoms with Crippen molar-refractivity contribution in [3.63, 3.8) is 0 Å². The predicted octanol–water partition coefficient (Wildman–Crippen LogP) is 37.4. The predicted molar refractivity (Wildman–Crippen MR) is 602 cm³/mol. The number of para-hydroxylation sites is 4. The van der Waals surface area contributed by atoms with Crippen LogP contribution in [0.4, 0.5) is 28.4 Å². The van der Waals surface area contributed by atoms with Gasteiger partial charge in [-0.05, 0) is 234 Å². The van der Waals surface area contributed by atoms with Crippen LogP contribution in [0, 0.1) is 0 Å². The molecule has 4 heterocycles. The van der Waals surface area contributed by atoms with Crippen LogP contribution < -0.4 is 10.2 Å². The Hall–Kier alpha value is -17.0. The molecular formula is C134H89BrN4S2. The summed E-state index contributed by atoms with van der Waals surface area (Å²) < 4.78 is 11.2. The summed E-state index contributed by atoms with van der Waals surface area (Å²) in [6.07, 6.45) is 0. The van der Waals surface area contributed by atoms with Crippen LogP contribution in [0.2, 0.25) is 0 Å². The van der Waals surface area contributed by atoms with E-state index in [0.29, 0.717) is 0 Å². The quantitative estimate of drug-likeness (QED) is 0.111. The van der Waals surface area contributed by atoms with Gasteiger partial charge in [0.2, 0.25) is 0 Å². The number of aromatic nitrogens is 2. The van der Waals surface area contributed by atoms with Gasteiger partial charge in [0.1, 0.15) is 0 Å². The Morgan fingerprint density at radius 2 is 0.560 bits per heavy atom. The van der Waals surface area contributed by atoms with Crippen molar-refractivity contribution in [3.05, 3.63) is 583 Å². The van der Waals surface area contributed by atoms with Crippen molar-refractivity contribution in [3.8, 4) is 78.1 Å². The third kappa shape index (κ3) is 14.3. The fourth-order valence-electron chi connectivity index (χ4n) is 22.8. The lowest BCUT2D eigenvalue weighted by molar-refractivity contribution is 0.768. The zero-order valence-corrected chi connectivity index (χ0v) is 80.1. The number of nitrogens with zero attached hydrogens (tertiary/aromatic N) is 3. The van der Waals surface area contributed by atoms with Gasteiger partial charge in [0.15, 0.2) is 0 Å². The number of nitrogens with one attached hydrogen (secondary N) is 1. The van der Waals surface area contributed by atoms with Crippen molar-refractivity contribution >= 4 is 151 Å². The molecule has 664 valence electrons. The monoisotopic (exact) mass is 1900 g/mol. The van der Waals surface area contributed by atoms with E-state index in [1.54, 1.807) is 0 Å². The van der Waals surface area contributed by atoms with E-state index in [2.05, 4.69) is 569 Å². The molecule has 4 aromatic heterocycles. The van der Waals surface area contributed by atoms with E-state index < -0.39 is 5.41 Å². The smallest absolute Gasteiger partial charge is 0.0714 e. The van der Waals surface area contributed by atoms with E-state index in [1.165, 1.54) is 201 Å². The molecule has 0 bridgehead atoms. The van der Waals surface area contributed by atoms with Gasteiger partial charge in [-0.25, -0.2) is 0 Å². The molecule has 26 aromatic rings. The molecule has 0 saturated carbocycles. The van der Waals surface area contributed by atoms with Crippen molar-refractivity contribution in [2.45, 2.75) is 10.8 Å². The fraction of sp³-hybridized carbons (Fsp3) is 0.0149. The molecule has 4 nitrogen and oxygen atoms in total. The van der Waals surface area contributed by atoms with Crippen LogP contribution >= 0.6 is 38.6 Å². The molecule has 0 amide bonds. The topological polar surface area (TPSA) is 25.1 Å². The van der Waals surface area contributed by atoms with Crippen LogP contribution in [0.5, 0.6) is 0 Å². The minimum Gasteiger partial charge on any atom is -0.356 e. The van der Waals surface area contributed by atoms with E-state index in [0.717, 1.165) is 38.6 Å². The van der Waals surface area contributed by atoms with Crippen LogP contribution in [0.15, 0.2) is 538 Å². The Bertz CT molecular complexity index is 9160.